The zero-order valence-corrected chi connectivity index (χ0v) is 9.75. The molecule has 1 rings (SSSR count). The second-order valence-corrected chi connectivity index (χ2v) is 4.90. The fraction of sp³-hybridized carbons (Fsp3) is 0.667. The predicted molar refractivity (Wildman–Crippen MR) is 59.7 cm³/mol. The first-order valence-electron chi connectivity index (χ1n) is 4.45. The second-order valence-electron chi connectivity index (χ2n) is 3.65. The standard InChI is InChI=1S/C9H15ClN2S/c1-6(2)4-7(3)11-9-12-8(10)5-13-9/h5-7H,4H2,1-3H3,(H,11,12). The molecule has 1 aromatic heterocycles. The molecule has 13 heavy (non-hydrogen) atoms. The van der Waals surface area contributed by atoms with Crippen molar-refractivity contribution in [3.05, 3.63) is 10.5 Å². The number of nitrogens with zero attached hydrogens (tertiary/aromatic N) is 1. The summed E-state index contributed by atoms with van der Waals surface area (Å²) in [7, 11) is 0. The van der Waals surface area contributed by atoms with E-state index >= 15 is 0 Å². The lowest BCUT2D eigenvalue weighted by atomic mass is 10.1. The summed E-state index contributed by atoms with van der Waals surface area (Å²) in [6.45, 7) is 6.59. The van der Waals surface area contributed by atoms with Crippen molar-refractivity contribution < 1.29 is 0 Å². The number of anilines is 1. The molecule has 0 amide bonds. The van der Waals surface area contributed by atoms with Crippen molar-refractivity contribution in [3.8, 4) is 0 Å². The number of hydrogen-bond acceptors (Lipinski definition) is 3. The highest BCUT2D eigenvalue weighted by Gasteiger charge is 2.06. The fourth-order valence-corrected chi connectivity index (χ4v) is 2.25. The molecule has 0 aliphatic rings. The Morgan fingerprint density at radius 1 is 1.54 bits per heavy atom. The molecule has 2 nitrogen and oxygen atoms in total. The molecule has 4 heteroatoms. The molecule has 0 radical (unpaired) electrons. The molecular formula is C9H15ClN2S. The maximum Gasteiger partial charge on any atom is 0.184 e. The van der Waals surface area contributed by atoms with Crippen LogP contribution < -0.4 is 5.32 Å². The van der Waals surface area contributed by atoms with Crippen LogP contribution in [0.3, 0.4) is 0 Å². The van der Waals surface area contributed by atoms with Crippen LogP contribution in [0.1, 0.15) is 27.2 Å². The molecule has 0 bridgehead atoms. The third-order valence-electron chi connectivity index (χ3n) is 1.67. The topological polar surface area (TPSA) is 24.9 Å². The third kappa shape index (κ3) is 3.96. The lowest BCUT2D eigenvalue weighted by molar-refractivity contribution is 0.539. The van der Waals surface area contributed by atoms with E-state index in [9.17, 15) is 0 Å². The van der Waals surface area contributed by atoms with Gasteiger partial charge in [-0.1, -0.05) is 25.4 Å². The molecule has 0 aliphatic heterocycles. The summed E-state index contributed by atoms with van der Waals surface area (Å²) in [5.74, 6) is 0.706. The molecule has 1 N–H and O–H groups in total. The Balaban J connectivity index is 2.40. The highest BCUT2D eigenvalue weighted by Crippen LogP contribution is 2.20. The van der Waals surface area contributed by atoms with E-state index < -0.39 is 0 Å². The van der Waals surface area contributed by atoms with Gasteiger partial charge in [-0.25, -0.2) is 4.98 Å². The Hall–Kier alpha value is -0.280. The second kappa shape index (κ2) is 4.82. The SMILES string of the molecule is CC(C)CC(C)Nc1nc(Cl)cs1. The van der Waals surface area contributed by atoms with Crippen LogP contribution in [0.4, 0.5) is 5.13 Å². The normalized spacial score (nSPS) is 13.3. The monoisotopic (exact) mass is 218 g/mol. The van der Waals surface area contributed by atoms with E-state index in [0.717, 1.165) is 11.6 Å². The average molecular weight is 219 g/mol. The van der Waals surface area contributed by atoms with Crippen molar-refractivity contribution >= 4 is 28.1 Å². The first kappa shape index (κ1) is 10.8. The predicted octanol–water partition coefficient (Wildman–Crippen LogP) is 3.64. The Kier molecular flexibility index (Phi) is 4.00. The van der Waals surface area contributed by atoms with E-state index in [2.05, 4.69) is 31.1 Å². The van der Waals surface area contributed by atoms with Crippen LogP contribution in [-0.2, 0) is 0 Å². The highest BCUT2D eigenvalue weighted by atomic mass is 35.5. The Morgan fingerprint density at radius 3 is 2.69 bits per heavy atom. The smallest absolute Gasteiger partial charge is 0.184 e. The summed E-state index contributed by atoms with van der Waals surface area (Å²) >= 11 is 7.26. The zero-order valence-electron chi connectivity index (χ0n) is 8.17. The lowest BCUT2D eigenvalue weighted by Gasteiger charge is -2.14. The summed E-state index contributed by atoms with van der Waals surface area (Å²) in [6, 6.07) is 0.460. The van der Waals surface area contributed by atoms with Gasteiger partial charge in [0.25, 0.3) is 0 Å². The van der Waals surface area contributed by atoms with Gasteiger partial charge in [-0.15, -0.1) is 11.3 Å². The minimum absolute atomic E-state index is 0.460. The van der Waals surface area contributed by atoms with Crippen LogP contribution in [0.15, 0.2) is 5.38 Å². The minimum atomic E-state index is 0.460. The number of nitrogens with one attached hydrogen (secondary N) is 1. The first-order chi connectivity index (χ1) is 6.08. The molecule has 1 aromatic rings. The number of thiazole rings is 1. The van der Waals surface area contributed by atoms with Gasteiger partial charge in [0.2, 0.25) is 0 Å². The maximum absolute atomic E-state index is 5.71. The van der Waals surface area contributed by atoms with E-state index in [4.69, 9.17) is 11.6 Å². The summed E-state index contributed by atoms with van der Waals surface area (Å²) in [5, 5.41) is 6.64. The van der Waals surface area contributed by atoms with E-state index in [1.807, 2.05) is 5.38 Å². The van der Waals surface area contributed by atoms with Crippen LogP contribution in [0.5, 0.6) is 0 Å². The first-order valence-corrected chi connectivity index (χ1v) is 5.71. The molecule has 0 fully saturated rings. The van der Waals surface area contributed by atoms with E-state index in [0.29, 0.717) is 17.1 Å². The Labute approximate surface area is 88.3 Å². The van der Waals surface area contributed by atoms with Gasteiger partial charge in [0.05, 0.1) is 0 Å². The van der Waals surface area contributed by atoms with Gasteiger partial charge in [0.15, 0.2) is 5.13 Å². The van der Waals surface area contributed by atoms with Crippen molar-refractivity contribution in [2.24, 2.45) is 5.92 Å². The molecular weight excluding hydrogens is 204 g/mol. The van der Waals surface area contributed by atoms with Crippen LogP contribution in [0, 0.1) is 5.92 Å². The van der Waals surface area contributed by atoms with Gasteiger partial charge in [-0.3, -0.25) is 0 Å². The van der Waals surface area contributed by atoms with E-state index in [1.165, 1.54) is 0 Å². The van der Waals surface area contributed by atoms with Gasteiger partial charge in [-0.2, -0.15) is 0 Å². The molecule has 0 saturated heterocycles. The maximum atomic E-state index is 5.71. The molecule has 1 heterocycles. The zero-order chi connectivity index (χ0) is 9.84. The largest absolute Gasteiger partial charge is 0.359 e. The quantitative estimate of drug-likeness (QED) is 0.835. The molecule has 1 unspecified atom stereocenters. The number of rotatable bonds is 4. The summed E-state index contributed by atoms with van der Waals surface area (Å²) in [5.41, 5.74) is 0. The van der Waals surface area contributed by atoms with Crippen molar-refractivity contribution in [1.29, 1.82) is 0 Å². The molecule has 1 atom stereocenters. The Bertz CT molecular complexity index is 260. The summed E-state index contributed by atoms with van der Waals surface area (Å²) in [4.78, 5) is 4.13. The third-order valence-corrected chi connectivity index (χ3v) is 2.77. The van der Waals surface area contributed by atoms with Gasteiger partial charge >= 0.3 is 0 Å². The van der Waals surface area contributed by atoms with Crippen molar-refractivity contribution in [3.63, 3.8) is 0 Å². The van der Waals surface area contributed by atoms with Crippen LogP contribution >= 0.6 is 22.9 Å². The average Bonchev–Trinajstić information content (AvgIpc) is 2.33. The van der Waals surface area contributed by atoms with E-state index in [1.54, 1.807) is 11.3 Å². The number of hydrogen-bond donors (Lipinski definition) is 1. The number of halogens is 1. The van der Waals surface area contributed by atoms with Gasteiger partial charge < -0.3 is 5.32 Å². The molecule has 74 valence electrons. The minimum Gasteiger partial charge on any atom is -0.359 e. The van der Waals surface area contributed by atoms with Crippen molar-refractivity contribution in [2.45, 2.75) is 33.2 Å². The van der Waals surface area contributed by atoms with Crippen LogP contribution in [0.25, 0.3) is 0 Å². The summed E-state index contributed by atoms with van der Waals surface area (Å²) < 4.78 is 0. The highest BCUT2D eigenvalue weighted by molar-refractivity contribution is 7.14. The number of aromatic nitrogens is 1. The summed E-state index contributed by atoms with van der Waals surface area (Å²) in [6.07, 6.45) is 1.15. The van der Waals surface area contributed by atoms with Crippen molar-refractivity contribution in [2.75, 3.05) is 5.32 Å². The Morgan fingerprint density at radius 2 is 2.23 bits per heavy atom. The molecule has 0 saturated carbocycles. The molecule has 0 spiro atoms. The van der Waals surface area contributed by atoms with Gasteiger partial charge in [-0.05, 0) is 19.3 Å². The lowest BCUT2D eigenvalue weighted by Crippen LogP contribution is -2.17. The van der Waals surface area contributed by atoms with Crippen LogP contribution in [0.2, 0.25) is 5.15 Å². The molecule has 0 aromatic carbocycles. The van der Waals surface area contributed by atoms with E-state index in [-0.39, 0.29) is 0 Å². The van der Waals surface area contributed by atoms with Gasteiger partial charge in [0, 0.05) is 11.4 Å². The van der Waals surface area contributed by atoms with Crippen molar-refractivity contribution in [1.82, 2.24) is 4.98 Å². The fourth-order valence-electron chi connectivity index (χ4n) is 1.30. The molecule has 0 aliphatic carbocycles. The van der Waals surface area contributed by atoms with Gasteiger partial charge in [0.1, 0.15) is 5.15 Å². The van der Waals surface area contributed by atoms with Crippen LogP contribution in [-0.4, -0.2) is 11.0 Å².